The molecule has 25 heavy (non-hydrogen) atoms. The Hall–Kier alpha value is -2.82. The average molecular weight is 337 g/mol. The number of carbonyl (C=O) groups excluding carboxylic acids is 2. The molecule has 2 amide bonds. The second-order valence-corrected chi connectivity index (χ2v) is 6.29. The van der Waals surface area contributed by atoms with Crippen molar-refractivity contribution in [2.24, 2.45) is 5.92 Å². The van der Waals surface area contributed by atoms with Gasteiger partial charge in [0.15, 0.2) is 0 Å². The smallest absolute Gasteiger partial charge is 0.251 e. The van der Waals surface area contributed by atoms with Crippen molar-refractivity contribution in [3.8, 4) is 0 Å². The molecular formula is C20H23N3O2. The van der Waals surface area contributed by atoms with Crippen LogP contribution in [0.4, 0.5) is 5.69 Å². The van der Waals surface area contributed by atoms with Gasteiger partial charge in [-0.15, -0.1) is 0 Å². The molecular weight excluding hydrogens is 314 g/mol. The molecule has 2 N–H and O–H groups in total. The molecule has 3 rings (SSSR count). The minimum Gasteiger partial charge on any atom is -0.371 e. The van der Waals surface area contributed by atoms with Crippen LogP contribution in [0.3, 0.4) is 0 Å². The van der Waals surface area contributed by atoms with Gasteiger partial charge < -0.3 is 15.5 Å². The van der Waals surface area contributed by atoms with Crippen molar-refractivity contribution >= 4 is 17.5 Å². The van der Waals surface area contributed by atoms with Gasteiger partial charge in [0.1, 0.15) is 0 Å². The van der Waals surface area contributed by atoms with Gasteiger partial charge in [-0.05, 0) is 36.6 Å². The van der Waals surface area contributed by atoms with E-state index in [9.17, 15) is 9.59 Å². The molecule has 1 saturated heterocycles. The van der Waals surface area contributed by atoms with E-state index in [1.54, 1.807) is 24.3 Å². The summed E-state index contributed by atoms with van der Waals surface area (Å²) in [6.45, 7) is 2.60. The molecule has 1 aliphatic heterocycles. The fourth-order valence-corrected chi connectivity index (χ4v) is 3.05. The number of nitrogens with zero attached hydrogens (tertiary/aromatic N) is 1. The van der Waals surface area contributed by atoms with E-state index in [0.717, 1.165) is 19.5 Å². The molecule has 0 aliphatic carbocycles. The van der Waals surface area contributed by atoms with Crippen molar-refractivity contribution < 1.29 is 9.59 Å². The van der Waals surface area contributed by atoms with Gasteiger partial charge in [-0.2, -0.15) is 0 Å². The highest BCUT2D eigenvalue weighted by molar-refractivity contribution is 5.96. The summed E-state index contributed by atoms with van der Waals surface area (Å²) in [6, 6.07) is 19.2. The van der Waals surface area contributed by atoms with Crippen LogP contribution in [0, 0.1) is 5.92 Å². The zero-order valence-electron chi connectivity index (χ0n) is 14.2. The average Bonchev–Trinajstić information content (AvgIpc) is 3.15. The highest BCUT2D eigenvalue weighted by atomic mass is 16.2. The number of carbonyl (C=O) groups is 2. The van der Waals surface area contributed by atoms with Gasteiger partial charge in [-0.1, -0.05) is 36.4 Å². The topological polar surface area (TPSA) is 61.4 Å². The lowest BCUT2D eigenvalue weighted by atomic mass is 10.1. The quantitative estimate of drug-likeness (QED) is 0.848. The first-order chi connectivity index (χ1) is 12.2. The van der Waals surface area contributed by atoms with E-state index in [1.165, 1.54) is 5.69 Å². The van der Waals surface area contributed by atoms with Crippen molar-refractivity contribution in [3.63, 3.8) is 0 Å². The molecule has 2 aromatic carbocycles. The molecule has 1 aliphatic rings. The lowest BCUT2D eigenvalue weighted by Crippen LogP contribution is -2.39. The molecule has 2 aromatic rings. The van der Waals surface area contributed by atoms with Crippen molar-refractivity contribution in [2.45, 2.75) is 6.42 Å². The standard InChI is InChI=1S/C20H23N3O2/c24-19(14-22-20(25)17-7-3-1-4-8-17)21-13-16-11-12-23(15-16)18-9-5-2-6-10-18/h1-10,16H,11-15H2,(H,21,24)(H,22,25). The van der Waals surface area contributed by atoms with Crippen LogP contribution < -0.4 is 15.5 Å². The molecule has 5 heteroatoms. The first-order valence-electron chi connectivity index (χ1n) is 8.62. The number of hydrogen-bond acceptors (Lipinski definition) is 3. The molecule has 130 valence electrons. The number of amides is 2. The number of hydrogen-bond donors (Lipinski definition) is 2. The summed E-state index contributed by atoms with van der Waals surface area (Å²) >= 11 is 0. The van der Waals surface area contributed by atoms with Gasteiger partial charge in [0.25, 0.3) is 5.91 Å². The molecule has 0 bridgehead atoms. The van der Waals surface area contributed by atoms with Crippen LogP contribution in [0.1, 0.15) is 16.8 Å². The van der Waals surface area contributed by atoms with Gasteiger partial charge in [-0.3, -0.25) is 9.59 Å². The van der Waals surface area contributed by atoms with E-state index in [0.29, 0.717) is 18.0 Å². The monoisotopic (exact) mass is 337 g/mol. The summed E-state index contributed by atoms with van der Waals surface area (Å²) in [5.74, 6) is 0.0586. The zero-order valence-corrected chi connectivity index (χ0v) is 14.2. The first-order valence-corrected chi connectivity index (χ1v) is 8.62. The molecule has 5 nitrogen and oxygen atoms in total. The van der Waals surface area contributed by atoms with Crippen molar-refractivity contribution in [1.82, 2.24) is 10.6 Å². The Kier molecular flexibility index (Phi) is 5.67. The van der Waals surface area contributed by atoms with E-state index in [1.807, 2.05) is 24.3 Å². The Balaban J connectivity index is 1.38. The first kappa shape index (κ1) is 17.0. The summed E-state index contributed by atoms with van der Waals surface area (Å²) in [6.07, 6.45) is 1.06. The normalized spacial score (nSPS) is 16.5. The minimum atomic E-state index is -0.230. The molecule has 1 atom stereocenters. The number of anilines is 1. The van der Waals surface area contributed by atoms with Crippen molar-refractivity contribution in [2.75, 3.05) is 31.1 Å². The maximum absolute atomic E-state index is 11.9. The van der Waals surface area contributed by atoms with E-state index in [-0.39, 0.29) is 18.4 Å². The van der Waals surface area contributed by atoms with Gasteiger partial charge in [0.2, 0.25) is 5.91 Å². The van der Waals surface area contributed by atoms with Crippen LogP contribution in [0.2, 0.25) is 0 Å². The van der Waals surface area contributed by atoms with Crippen LogP contribution in [0.15, 0.2) is 60.7 Å². The predicted molar refractivity (Wildman–Crippen MR) is 98.5 cm³/mol. The zero-order chi connectivity index (χ0) is 17.5. The summed E-state index contributed by atoms with van der Waals surface area (Å²) in [5, 5.41) is 5.57. The van der Waals surface area contributed by atoms with Crippen LogP contribution in [-0.2, 0) is 4.79 Å². The Morgan fingerprint density at radius 1 is 0.960 bits per heavy atom. The molecule has 0 spiro atoms. The van der Waals surface area contributed by atoms with E-state index in [2.05, 4.69) is 27.7 Å². The SMILES string of the molecule is O=C(CNC(=O)c1ccccc1)NCC1CCN(c2ccccc2)C1. The van der Waals surface area contributed by atoms with Crippen LogP contribution >= 0.6 is 0 Å². The van der Waals surface area contributed by atoms with Gasteiger partial charge in [0, 0.05) is 30.9 Å². The lowest BCUT2D eigenvalue weighted by Gasteiger charge is -2.18. The number of para-hydroxylation sites is 1. The lowest BCUT2D eigenvalue weighted by molar-refractivity contribution is -0.120. The van der Waals surface area contributed by atoms with Gasteiger partial charge in [-0.25, -0.2) is 0 Å². The van der Waals surface area contributed by atoms with Crippen LogP contribution in [-0.4, -0.2) is 38.0 Å². The largest absolute Gasteiger partial charge is 0.371 e. The number of benzene rings is 2. The Morgan fingerprint density at radius 3 is 2.36 bits per heavy atom. The Morgan fingerprint density at radius 2 is 1.64 bits per heavy atom. The molecule has 1 fully saturated rings. The predicted octanol–water partition coefficient (Wildman–Crippen LogP) is 2.06. The number of rotatable bonds is 6. The molecule has 0 radical (unpaired) electrons. The third kappa shape index (κ3) is 4.83. The summed E-state index contributed by atoms with van der Waals surface area (Å²) < 4.78 is 0. The van der Waals surface area contributed by atoms with Gasteiger partial charge in [0.05, 0.1) is 6.54 Å². The second kappa shape index (κ2) is 8.33. The second-order valence-electron chi connectivity index (χ2n) is 6.29. The minimum absolute atomic E-state index is 0.00282. The third-order valence-electron chi connectivity index (χ3n) is 4.44. The maximum atomic E-state index is 11.9. The fraction of sp³-hybridized carbons (Fsp3) is 0.300. The summed E-state index contributed by atoms with van der Waals surface area (Å²) in [5.41, 5.74) is 1.79. The molecule has 0 saturated carbocycles. The highest BCUT2D eigenvalue weighted by Gasteiger charge is 2.22. The summed E-state index contributed by atoms with van der Waals surface area (Å²) in [7, 11) is 0. The molecule has 1 heterocycles. The Labute approximate surface area is 148 Å². The van der Waals surface area contributed by atoms with E-state index < -0.39 is 0 Å². The van der Waals surface area contributed by atoms with E-state index >= 15 is 0 Å². The fourth-order valence-electron chi connectivity index (χ4n) is 3.05. The van der Waals surface area contributed by atoms with Crippen molar-refractivity contribution in [1.29, 1.82) is 0 Å². The highest BCUT2D eigenvalue weighted by Crippen LogP contribution is 2.22. The van der Waals surface area contributed by atoms with E-state index in [4.69, 9.17) is 0 Å². The molecule has 0 aromatic heterocycles. The number of nitrogens with one attached hydrogen (secondary N) is 2. The van der Waals surface area contributed by atoms with Gasteiger partial charge >= 0.3 is 0 Å². The van der Waals surface area contributed by atoms with Crippen molar-refractivity contribution in [3.05, 3.63) is 66.2 Å². The van der Waals surface area contributed by atoms with Crippen LogP contribution in [0.5, 0.6) is 0 Å². The maximum Gasteiger partial charge on any atom is 0.251 e. The molecule has 1 unspecified atom stereocenters. The summed E-state index contributed by atoms with van der Waals surface area (Å²) in [4.78, 5) is 26.2. The third-order valence-corrected chi connectivity index (χ3v) is 4.44. The Bertz CT molecular complexity index is 703. The van der Waals surface area contributed by atoms with Crippen LogP contribution in [0.25, 0.3) is 0 Å².